The van der Waals surface area contributed by atoms with E-state index >= 15 is 0 Å². The fourth-order valence-corrected chi connectivity index (χ4v) is 3.22. The Labute approximate surface area is 117 Å². The summed E-state index contributed by atoms with van der Waals surface area (Å²) in [5.74, 6) is 7.83. The van der Waals surface area contributed by atoms with Gasteiger partial charge in [-0.05, 0) is 23.8 Å². The van der Waals surface area contributed by atoms with Crippen molar-refractivity contribution in [3.63, 3.8) is 0 Å². The Morgan fingerprint density at radius 3 is 3.05 bits per heavy atom. The number of amides is 1. The van der Waals surface area contributed by atoms with Crippen LogP contribution < -0.4 is 5.32 Å². The summed E-state index contributed by atoms with van der Waals surface area (Å²) in [5, 5.41) is 11.7. The summed E-state index contributed by atoms with van der Waals surface area (Å²) in [6, 6.07) is 7.68. The third-order valence-corrected chi connectivity index (χ3v) is 4.24. The molecule has 2 N–H and O–H groups in total. The number of thioether (sulfide) groups is 1. The van der Waals surface area contributed by atoms with E-state index in [2.05, 4.69) is 17.2 Å². The quantitative estimate of drug-likeness (QED) is 0.820. The molecule has 1 aliphatic rings. The fourth-order valence-electron chi connectivity index (χ4n) is 2.00. The van der Waals surface area contributed by atoms with Crippen LogP contribution in [-0.2, 0) is 11.3 Å². The van der Waals surface area contributed by atoms with Gasteiger partial charge in [0.1, 0.15) is 6.61 Å². The lowest BCUT2D eigenvalue weighted by Crippen LogP contribution is -2.30. The second kappa shape index (κ2) is 7.22. The Morgan fingerprint density at radius 2 is 2.32 bits per heavy atom. The maximum Gasteiger partial charge on any atom is 0.224 e. The maximum absolute atomic E-state index is 11.9. The number of aliphatic hydroxyl groups is 1. The lowest BCUT2D eigenvalue weighted by atomic mass is 10.1. The molecule has 1 atom stereocenters. The van der Waals surface area contributed by atoms with E-state index < -0.39 is 0 Å². The van der Waals surface area contributed by atoms with Crippen molar-refractivity contribution in [2.75, 3.05) is 18.1 Å². The zero-order valence-corrected chi connectivity index (χ0v) is 11.5. The molecule has 1 unspecified atom stereocenters. The molecule has 1 heterocycles. The number of carbonyl (C=O) groups is 1. The van der Waals surface area contributed by atoms with Crippen LogP contribution in [0.4, 0.5) is 0 Å². The van der Waals surface area contributed by atoms with Gasteiger partial charge in [-0.1, -0.05) is 30.0 Å². The van der Waals surface area contributed by atoms with Gasteiger partial charge in [0.15, 0.2) is 0 Å². The van der Waals surface area contributed by atoms with Crippen molar-refractivity contribution >= 4 is 17.7 Å². The van der Waals surface area contributed by atoms with Crippen molar-refractivity contribution in [3.8, 4) is 11.8 Å². The molecule has 0 saturated carbocycles. The molecule has 0 aliphatic carbocycles. The average molecular weight is 275 g/mol. The standard InChI is InChI=1S/C15H17NO2S/c17-8-3-6-12-4-1-2-5-13(12)10-16-15(18)14-7-9-19-11-14/h1-2,4-5,14,17H,7-11H2,(H,16,18). The monoisotopic (exact) mass is 275 g/mol. The molecule has 1 fully saturated rings. The minimum absolute atomic E-state index is 0.134. The van der Waals surface area contributed by atoms with E-state index in [1.165, 1.54) is 0 Å². The van der Waals surface area contributed by atoms with Crippen molar-refractivity contribution < 1.29 is 9.90 Å². The van der Waals surface area contributed by atoms with Gasteiger partial charge < -0.3 is 10.4 Å². The summed E-state index contributed by atoms with van der Waals surface area (Å²) >= 11 is 1.84. The van der Waals surface area contributed by atoms with Crippen molar-refractivity contribution in [3.05, 3.63) is 35.4 Å². The Bertz CT molecular complexity index is 498. The van der Waals surface area contributed by atoms with Crippen LogP contribution in [0.3, 0.4) is 0 Å². The molecular weight excluding hydrogens is 258 g/mol. The van der Waals surface area contributed by atoms with Crippen molar-refractivity contribution in [1.82, 2.24) is 5.32 Å². The molecule has 0 spiro atoms. The topological polar surface area (TPSA) is 49.3 Å². The predicted molar refractivity (Wildman–Crippen MR) is 77.7 cm³/mol. The first kappa shape index (κ1) is 14.0. The van der Waals surface area contributed by atoms with Gasteiger partial charge in [-0.2, -0.15) is 11.8 Å². The molecule has 1 aromatic rings. The van der Waals surface area contributed by atoms with Crippen LogP contribution in [0.15, 0.2) is 24.3 Å². The largest absolute Gasteiger partial charge is 0.384 e. The molecular formula is C15H17NO2S. The van der Waals surface area contributed by atoms with Crippen LogP contribution in [0.1, 0.15) is 17.5 Å². The highest BCUT2D eigenvalue weighted by Gasteiger charge is 2.22. The van der Waals surface area contributed by atoms with E-state index in [0.29, 0.717) is 6.54 Å². The number of hydrogen-bond donors (Lipinski definition) is 2. The third kappa shape index (κ3) is 4.02. The first-order valence-corrected chi connectivity index (χ1v) is 7.50. The van der Waals surface area contributed by atoms with Crippen LogP contribution in [0.25, 0.3) is 0 Å². The van der Waals surface area contributed by atoms with E-state index in [9.17, 15) is 4.79 Å². The summed E-state index contributed by atoms with van der Waals surface area (Å²) in [7, 11) is 0. The summed E-state index contributed by atoms with van der Waals surface area (Å²) < 4.78 is 0. The zero-order valence-electron chi connectivity index (χ0n) is 10.7. The van der Waals surface area contributed by atoms with Gasteiger partial charge in [0.2, 0.25) is 5.91 Å². The van der Waals surface area contributed by atoms with Crippen LogP contribution >= 0.6 is 11.8 Å². The lowest BCUT2D eigenvalue weighted by molar-refractivity contribution is -0.124. The minimum atomic E-state index is -0.153. The number of hydrogen-bond acceptors (Lipinski definition) is 3. The molecule has 0 radical (unpaired) electrons. The predicted octanol–water partition coefficient (Wildman–Crippen LogP) is 1.40. The Morgan fingerprint density at radius 1 is 1.47 bits per heavy atom. The summed E-state index contributed by atoms with van der Waals surface area (Å²) in [5.41, 5.74) is 1.85. The van der Waals surface area contributed by atoms with Crippen molar-refractivity contribution in [1.29, 1.82) is 0 Å². The Balaban J connectivity index is 1.97. The van der Waals surface area contributed by atoms with E-state index in [1.807, 2.05) is 36.0 Å². The number of rotatable bonds is 3. The molecule has 1 amide bonds. The minimum Gasteiger partial charge on any atom is -0.384 e. The second-order valence-electron chi connectivity index (χ2n) is 4.40. The smallest absolute Gasteiger partial charge is 0.224 e. The maximum atomic E-state index is 11.9. The molecule has 100 valence electrons. The highest BCUT2D eigenvalue weighted by atomic mass is 32.2. The molecule has 0 bridgehead atoms. The van der Waals surface area contributed by atoms with Gasteiger partial charge in [-0.15, -0.1) is 0 Å². The SMILES string of the molecule is O=C(NCc1ccccc1C#CCO)C1CCSC1. The van der Waals surface area contributed by atoms with Gasteiger partial charge in [0.25, 0.3) is 0 Å². The average Bonchev–Trinajstić information content (AvgIpc) is 2.97. The molecule has 1 saturated heterocycles. The molecule has 2 rings (SSSR count). The molecule has 1 aliphatic heterocycles. The molecule has 0 aromatic heterocycles. The van der Waals surface area contributed by atoms with Crippen LogP contribution in [0.5, 0.6) is 0 Å². The highest BCUT2D eigenvalue weighted by molar-refractivity contribution is 7.99. The van der Waals surface area contributed by atoms with Gasteiger partial charge in [0, 0.05) is 23.8 Å². The van der Waals surface area contributed by atoms with E-state index in [1.54, 1.807) is 0 Å². The van der Waals surface area contributed by atoms with E-state index in [0.717, 1.165) is 29.1 Å². The molecule has 3 nitrogen and oxygen atoms in total. The number of carbonyl (C=O) groups excluding carboxylic acids is 1. The summed E-state index contributed by atoms with van der Waals surface area (Å²) in [6.45, 7) is 0.344. The normalized spacial score (nSPS) is 17.6. The van der Waals surface area contributed by atoms with Gasteiger partial charge in [-0.25, -0.2) is 0 Å². The lowest BCUT2D eigenvalue weighted by Gasteiger charge is -2.10. The molecule has 19 heavy (non-hydrogen) atoms. The van der Waals surface area contributed by atoms with Crippen LogP contribution in [0.2, 0.25) is 0 Å². The van der Waals surface area contributed by atoms with Crippen LogP contribution in [-0.4, -0.2) is 29.1 Å². The third-order valence-electron chi connectivity index (χ3n) is 3.07. The first-order chi connectivity index (χ1) is 9.31. The summed E-state index contributed by atoms with van der Waals surface area (Å²) in [6.07, 6.45) is 0.975. The van der Waals surface area contributed by atoms with Gasteiger partial charge in [0.05, 0.1) is 0 Å². The number of nitrogens with one attached hydrogen (secondary N) is 1. The van der Waals surface area contributed by atoms with Crippen molar-refractivity contribution in [2.45, 2.75) is 13.0 Å². The first-order valence-electron chi connectivity index (χ1n) is 6.34. The number of aliphatic hydroxyl groups excluding tert-OH is 1. The molecule has 1 aromatic carbocycles. The summed E-state index contributed by atoms with van der Waals surface area (Å²) in [4.78, 5) is 11.9. The van der Waals surface area contributed by atoms with Gasteiger partial charge in [-0.3, -0.25) is 4.79 Å². The Hall–Kier alpha value is -1.44. The molecule has 4 heteroatoms. The van der Waals surface area contributed by atoms with Crippen LogP contribution in [0, 0.1) is 17.8 Å². The number of benzene rings is 1. The second-order valence-corrected chi connectivity index (χ2v) is 5.55. The van der Waals surface area contributed by atoms with E-state index in [-0.39, 0.29) is 18.4 Å². The fraction of sp³-hybridized carbons (Fsp3) is 0.400. The van der Waals surface area contributed by atoms with Gasteiger partial charge >= 0.3 is 0 Å². The van der Waals surface area contributed by atoms with E-state index in [4.69, 9.17) is 5.11 Å². The highest BCUT2D eigenvalue weighted by Crippen LogP contribution is 2.23. The van der Waals surface area contributed by atoms with Crippen molar-refractivity contribution in [2.24, 2.45) is 5.92 Å². The Kier molecular flexibility index (Phi) is 5.31. The zero-order chi connectivity index (χ0) is 13.5.